The highest BCUT2D eigenvalue weighted by atomic mass is 35.5. The van der Waals surface area contributed by atoms with E-state index in [1.54, 1.807) is 23.0 Å². The summed E-state index contributed by atoms with van der Waals surface area (Å²) < 4.78 is 5.61. The molecule has 1 amide bonds. The Balaban J connectivity index is 1.21. The number of fused-ring (bicyclic) bond motifs is 2. The molecule has 4 aromatic heterocycles. The van der Waals surface area contributed by atoms with Crippen molar-refractivity contribution in [3.05, 3.63) is 93.9 Å². The fraction of sp³-hybridized carbons (Fsp3) is 0.286. The van der Waals surface area contributed by atoms with Crippen LogP contribution in [0.2, 0.25) is 5.02 Å². The minimum Gasteiger partial charge on any atom is -0.349 e. The molecule has 1 aliphatic rings. The number of benzene rings is 1. The van der Waals surface area contributed by atoms with Crippen LogP contribution < -0.4 is 11.0 Å². The quantitative estimate of drug-likeness (QED) is 0.365. The zero-order valence-electron chi connectivity index (χ0n) is 20.5. The van der Waals surface area contributed by atoms with Crippen LogP contribution in [0.15, 0.2) is 71.9 Å². The fourth-order valence-corrected chi connectivity index (χ4v) is 5.63. The minimum atomic E-state index is -0.135. The first-order chi connectivity index (χ1) is 18.0. The topological polar surface area (TPSA) is 86.2 Å². The molecule has 5 aromatic rings. The van der Waals surface area contributed by atoms with Crippen molar-refractivity contribution >= 4 is 34.2 Å². The maximum Gasteiger partial charge on any atom is 0.334 e. The predicted octanol–water partition coefficient (Wildman–Crippen LogP) is 4.79. The molecule has 4 heterocycles. The van der Waals surface area contributed by atoms with Gasteiger partial charge in [0.25, 0.3) is 5.91 Å². The lowest BCUT2D eigenvalue weighted by atomic mass is 9.85. The molecule has 0 radical (unpaired) electrons. The molecule has 1 saturated carbocycles. The number of aromatic nitrogens is 5. The number of imidazole rings is 2. The summed E-state index contributed by atoms with van der Waals surface area (Å²) in [6.45, 7) is 2.45. The largest absolute Gasteiger partial charge is 0.349 e. The second kappa shape index (κ2) is 9.52. The molecule has 188 valence electrons. The van der Waals surface area contributed by atoms with E-state index in [9.17, 15) is 9.59 Å². The van der Waals surface area contributed by atoms with E-state index in [1.165, 1.54) is 0 Å². The average Bonchev–Trinajstić information content (AvgIpc) is 3.49. The average molecular weight is 515 g/mol. The van der Waals surface area contributed by atoms with Crippen LogP contribution in [0.25, 0.3) is 22.5 Å². The lowest BCUT2D eigenvalue weighted by molar-refractivity contribution is 0.0919. The number of aryl methyl sites for hydroxylation is 1. The third-order valence-corrected chi connectivity index (χ3v) is 7.60. The molecule has 1 N–H and O–H groups in total. The molecule has 0 spiro atoms. The van der Waals surface area contributed by atoms with Crippen molar-refractivity contribution in [1.82, 2.24) is 28.8 Å². The number of amides is 1. The van der Waals surface area contributed by atoms with E-state index in [2.05, 4.69) is 15.3 Å². The van der Waals surface area contributed by atoms with Gasteiger partial charge in [-0.1, -0.05) is 29.8 Å². The number of pyridine rings is 2. The summed E-state index contributed by atoms with van der Waals surface area (Å²) in [5.74, 6) is 0.986. The summed E-state index contributed by atoms with van der Waals surface area (Å²) in [5.41, 5.74) is 3.72. The summed E-state index contributed by atoms with van der Waals surface area (Å²) in [6.07, 6.45) is 8.76. The van der Waals surface area contributed by atoms with E-state index in [4.69, 9.17) is 11.6 Å². The van der Waals surface area contributed by atoms with Crippen LogP contribution in [0.3, 0.4) is 0 Å². The first kappa shape index (κ1) is 23.5. The van der Waals surface area contributed by atoms with Crippen molar-refractivity contribution in [2.24, 2.45) is 5.92 Å². The van der Waals surface area contributed by atoms with Crippen LogP contribution >= 0.6 is 11.6 Å². The Morgan fingerprint density at radius 1 is 1.05 bits per heavy atom. The maximum atomic E-state index is 13.8. The molecule has 37 heavy (non-hydrogen) atoms. The van der Waals surface area contributed by atoms with E-state index >= 15 is 0 Å². The second-order valence-corrected chi connectivity index (χ2v) is 10.2. The van der Waals surface area contributed by atoms with E-state index in [1.807, 2.05) is 64.6 Å². The first-order valence-corrected chi connectivity index (χ1v) is 12.9. The van der Waals surface area contributed by atoms with Crippen molar-refractivity contribution in [2.45, 2.75) is 45.2 Å². The molecule has 9 heteroatoms. The van der Waals surface area contributed by atoms with Gasteiger partial charge in [0.1, 0.15) is 11.5 Å². The highest BCUT2D eigenvalue weighted by molar-refractivity contribution is 6.30. The van der Waals surface area contributed by atoms with Gasteiger partial charge in [0.05, 0.1) is 27.3 Å². The molecule has 0 aliphatic heterocycles. The summed E-state index contributed by atoms with van der Waals surface area (Å²) in [4.78, 5) is 35.1. The van der Waals surface area contributed by atoms with Crippen molar-refractivity contribution in [3.8, 4) is 5.82 Å². The highest BCUT2D eigenvalue weighted by Gasteiger charge is 2.26. The van der Waals surface area contributed by atoms with Gasteiger partial charge in [-0.2, -0.15) is 0 Å². The van der Waals surface area contributed by atoms with Gasteiger partial charge in [0.15, 0.2) is 0 Å². The molecule has 1 aromatic carbocycles. The number of carbonyl (C=O) groups is 1. The lowest BCUT2D eigenvalue weighted by Gasteiger charge is -2.29. The number of nitrogens with one attached hydrogen (secondary N) is 1. The Labute approximate surface area is 218 Å². The van der Waals surface area contributed by atoms with Crippen LogP contribution in [0, 0.1) is 12.8 Å². The van der Waals surface area contributed by atoms with Crippen molar-refractivity contribution in [2.75, 3.05) is 0 Å². The molecule has 0 unspecified atom stereocenters. The molecule has 1 aliphatic carbocycles. The Morgan fingerprint density at radius 2 is 1.84 bits per heavy atom. The zero-order chi connectivity index (χ0) is 25.5. The monoisotopic (exact) mass is 514 g/mol. The number of hydrogen-bond donors (Lipinski definition) is 1. The van der Waals surface area contributed by atoms with Crippen LogP contribution in [-0.2, 0) is 6.54 Å². The van der Waals surface area contributed by atoms with Gasteiger partial charge in [-0.3, -0.25) is 18.7 Å². The SMILES string of the molecule is Cc1ncc(Cl)cc1C(=O)NC1CCC(Cn2c(=O)n(-c3cccc4nccn34)c3ccccc32)CC1. The summed E-state index contributed by atoms with van der Waals surface area (Å²) in [6, 6.07) is 15.5. The standard InChI is InChI=1S/C28H27ClN6O2/c1-18-22(15-20(29)16-31-18)27(36)32-21-11-9-19(10-12-21)17-34-23-5-2-3-6-24(23)35(28(34)37)26-8-4-7-25-30-13-14-33(25)26/h2-8,13-16,19,21H,9-12,17H2,1H3,(H,32,36). The maximum absolute atomic E-state index is 13.8. The Hall–Kier alpha value is -3.91. The van der Waals surface area contributed by atoms with Gasteiger partial charge in [0.2, 0.25) is 0 Å². The first-order valence-electron chi connectivity index (χ1n) is 12.6. The van der Waals surface area contributed by atoms with Crippen molar-refractivity contribution in [3.63, 3.8) is 0 Å². The van der Waals surface area contributed by atoms with Gasteiger partial charge >= 0.3 is 5.69 Å². The summed E-state index contributed by atoms with van der Waals surface area (Å²) in [5, 5.41) is 3.60. The number of carbonyl (C=O) groups excluding carboxylic acids is 1. The van der Waals surface area contributed by atoms with Gasteiger partial charge in [-0.25, -0.2) is 14.3 Å². The van der Waals surface area contributed by atoms with Crippen LogP contribution in [-0.4, -0.2) is 35.5 Å². The highest BCUT2D eigenvalue weighted by Crippen LogP contribution is 2.28. The second-order valence-electron chi connectivity index (χ2n) is 9.73. The number of nitrogens with zero attached hydrogens (tertiary/aromatic N) is 5. The summed E-state index contributed by atoms with van der Waals surface area (Å²) in [7, 11) is 0. The van der Waals surface area contributed by atoms with Gasteiger partial charge in [-0.15, -0.1) is 0 Å². The molecule has 1 fully saturated rings. The minimum absolute atomic E-state index is 0.0539. The van der Waals surface area contributed by atoms with Crippen LogP contribution in [0.5, 0.6) is 0 Å². The van der Waals surface area contributed by atoms with Gasteiger partial charge in [0, 0.05) is 31.2 Å². The summed E-state index contributed by atoms with van der Waals surface area (Å²) >= 11 is 6.04. The normalized spacial score (nSPS) is 17.9. The van der Waals surface area contributed by atoms with Crippen molar-refractivity contribution in [1.29, 1.82) is 0 Å². The van der Waals surface area contributed by atoms with E-state index < -0.39 is 0 Å². The molecular weight excluding hydrogens is 488 g/mol. The van der Waals surface area contributed by atoms with Gasteiger partial charge in [-0.05, 0) is 68.9 Å². The lowest BCUT2D eigenvalue weighted by Crippen LogP contribution is -2.39. The number of halogens is 1. The van der Waals surface area contributed by atoms with E-state index in [0.717, 1.165) is 48.2 Å². The van der Waals surface area contributed by atoms with Crippen LogP contribution in [0.1, 0.15) is 41.7 Å². The molecule has 0 saturated heterocycles. The number of para-hydroxylation sites is 2. The van der Waals surface area contributed by atoms with E-state index in [-0.39, 0.29) is 17.6 Å². The molecular formula is C28H27ClN6O2. The van der Waals surface area contributed by atoms with Crippen LogP contribution in [0.4, 0.5) is 0 Å². The Morgan fingerprint density at radius 3 is 2.65 bits per heavy atom. The zero-order valence-corrected chi connectivity index (χ0v) is 21.2. The third-order valence-electron chi connectivity index (χ3n) is 7.39. The van der Waals surface area contributed by atoms with Crippen molar-refractivity contribution < 1.29 is 4.79 Å². The molecule has 6 rings (SSSR count). The predicted molar refractivity (Wildman–Crippen MR) is 143 cm³/mol. The number of hydrogen-bond acceptors (Lipinski definition) is 4. The third kappa shape index (κ3) is 4.31. The van der Waals surface area contributed by atoms with E-state index in [0.29, 0.717) is 28.7 Å². The fourth-order valence-electron chi connectivity index (χ4n) is 5.47. The van der Waals surface area contributed by atoms with Gasteiger partial charge < -0.3 is 5.32 Å². The smallest absolute Gasteiger partial charge is 0.334 e. The Kier molecular flexibility index (Phi) is 6.04. The molecule has 0 bridgehead atoms. The molecule has 0 atom stereocenters. The molecule has 8 nitrogen and oxygen atoms in total. The number of rotatable bonds is 5. The Bertz CT molecular complexity index is 1680.